The second-order valence-corrected chi connectivity index (χ2v) is 3.76. The van der Waals surface area contributed by atoms with Gasteiger partial charge in [-0.3, -0.25) is 0 Å². The van der Waals surface area contributed by atoms with Crippen LogP contribution in [0.1, 0.15) is 11.1 Å². The minimum absolute atomic E-state index is 0.884. The van der Waals surface area contributed by atoms with Crippen molar-refractivity contribution in [3.63, 3.8) is 0 Å². The van der Waals surface area contributed by atoms with Gasteiger partial charge in [0.05, 0.1) is 0 Å². The Kier molecular flexibility index (Phi) is 2.69. The molecule has 2 aromatic carbocycles. The van der Waals surface area contributed by atoms with E-state index in [1.54, 1.807) is 0 Å². The van der Waals surface area contributed by atoms with Crippen molar-refractivity contribution in [2.24, 2.45) is 0 Å². The number of rotatable bonds is 2. The van der Waals surface area contributed by atoms with E-state index >= 15 is 0 Å². The van der Waals surface area contributed by atoms with Gasteiger partial charge in [-0.1, -0.05) is 65.0 Å². The fourth-order valence-electron chi connectivity index (χ4n) is 1.73. The van der Waals surface area contributed by atoms with Crippen molar-refractivity contribution in [3.8, 4) is 0 Å². The van der Waals surface area contributed by atoms with Crippen molar-refractivity contribution in [2.45, 2.75) is 5.33 Å². The molecule has 0 atom stereocenters. The molecule has 0 spiro atoms. The van der Waals surface area contributed by atoms with E-state index in [9.17, 15) is 0 Å². The molecule has 0 heterocycles. The molecule has 1 heteroatoms. The number of halogens is 1. The van der Waals surface area contributed by atoms with Gasteiger partial charge in [-0.25, -0.2) is 0 Å². The average molecular weight is 247 g/mol. The molecular weight excluding hydrogens is 236 g/mol. The standard InChI is InChI=1S/C13H11Br/c1-2-10-5-3-6-11-7-4-8-12(9-14)13(10)11/h2-8H,1,9H2. The number of hydrogen-bond acceptors (Lipinski definition) is 0. The summed E-state index contributed by atoms with van der Waals surface area (Å²) in [4.78, 5) is 0. The van der Waals surface area contributed by atoms with Gasteiger partial charge in [0.1, 0.15) is 0 Å². The fraction of sp³-hybridized carbons (Fsp3) is 0.0769. The van der Waals surface area contributed by atoms with Crippen LogP contribution in [0, 0.1) is 0 Å². The summed E-state index contributed by atoms with van der Waals surface area (Å²) in [5.41, 5.74) is 2.52. The second kappa shape index (κ2) is 3.97. The van der Waals surface area contributed by atoms with Gasteiger partial charge in [0.25, 0.3) is 0 Å². The molecule has 0 amide bonds. The highest BCUT2D eigenvalue weighted by Crippen LogP contribution is 2.25. The summed E-state index contributed by atoms with van der Waals surface area (Å²) in [6.45, 7) is 3.84. The first-order chi connectivity index (χ1) is 6.86. The Morgan fingerprint density at radius 3 is 2.50 bits per heavy atom. The van der Waals surface area contributed by atoms with Gasteiger partial charge >= 0.3 is 0 Å². The van der Waals surface area contributed by atoms with Crippen LogP contribution in [0.4, 0.5) is 0 Å². The number of fused-ring (bicyclic) bond motifs is 1. The lowest BCUT2D eigenvalue weighted by Gasteiger charge is -2.06. The molecule has 2 rings (SSSR count). The molecule has 0 aliphatic rings. The van der Waals surface area contributed by atoms with Crippen molar-refractivity contribution in [1.82, 2.24) is 0 Å². The third-order valence-corrected chi connectivity index (χ3v) is 2.99. The van der Waals surface area contributed by atoms with Gasteiger partial charge in [-0.15, -0.1) is 0 Å². The van der Waals surface area contributed by atoms with Gasteiger partial charge in [0.2, 0.25) is 0 Å². The zero-order valence-corrected chi connectivity index (χ0v) is 9.42. The summed E-state index contributed by atoms with van der Waals surface area (Å²) in [6.07, 6.45) is 1.91. The maximum absolute atomic E-state index is 3.84. The molecule has 2 aromatic rings. The molecule has 0 nitrogen and oxygen atoms in total. The Hall–Kier alpha value is -1.08. The van der Waals surface area contributed by atoms with Crippen LogP contribution >= 0.6 is 15.9 Å². The van der Waals surface area contributed by atoms with Crippen LogP contribution < -0.4 is 0 Å². The van der Waals surface area contributed by atoms with E-state index in [0.29, 0.717) is 0 Å². The molecule has 0 radical (unpaired) electrons. The lowest BCUT2D eigenvalue weighted by Crippen LogP contribution is -1.84. The molecule has 0 fully saturated rings. The molecule has 70 valence electrons. The topological polar surface area (TPSA) is 0 Å². The van der Waals surface area contributed by atoms with Crippen molar-refractivity contribution in [2.75, 3.05) is 0 Å². The molecule has 14 heavy (non-hydrogen) atoms. The summed E-state index contributed by atoms with van der Waals surface area (Å²) in [5, 5.41) is 3.47. The number of benzene rings is 2. The molecule has 0 saturated heterocycles. The molecule has 0 aliphatic heterocycles. The molecule has 0 aliphatic carbocycles. The van der Waals surface area contributed by atoms with Crippen LogP contribution in [0.25, 0.3) is 16.8 Å². The monoisotopic (exact) mass is 246 g/mol. The van der Waals surface area contributed by atoms with Crippen molar-refractivity contribution >= 4 is 32.8 Å². The molecule has 0 unspecified atom stereocenters. The van der Waals surface area contributed by atoms with Gasteiger partial charge in [-0.05, 0) is 21.9 Å². The fourth-order valence-corrected chi connectivity index (χ4v) is 2.20. The molecule has 0 aromatic heterocycles. The van der Waals surface area contributed by atoms with Crippen LogP contribution in [0.3, 0.4) is 0 Å². The van der Waals surface area contributed by atoms with E-state index in [-0.39, 0.29) is 0 Å². The summed E-state index contributed by atoms with van der Waals surface area (Å²) in [7, 11) is 0. The van der Waals surface area contributed by atoms with Crippen LogP contribution in [0.15, 0.2) is 43.0 Å². The maximum Gasteiger partial charge on any atom is 0.0289 e. The minimum atomic E-state index is 0.884. The first kappa shape index (κ1) is 9.47. The van der Waals surface area contributed by atoms with Crippen LogP contribution in [-0.2, 0) is 5.33 Å². The predicted octanol–water partition coefficient (Wildman–Crippen LogP) is 4.38. The second-order valence-electron chi connectivity index (χ2n) is 3.20. The SMILES string of the molecule is C=Cc1cccc2cccc(CBr)c12. The number of hydrogen-bond donors (Lipinski definition) is 0. The van der Waals surface area contributed by atoms with E-state index in [4.69, 9.17) is 0 Å². The van der Waals surface area contributed by atoms with Crippen LogP contribution in [0.2, 0.25) is 0 Å². The first-order valence-corrected chi connectivity index (χ1v) is 5.68. The van der Waals surface area contributed by atoms with E-state index in [1.165, 1.54) is 21.9 Å². The Balaban J connectivity index is 2.88. The number of alkyl halides is 1. The third kappa shape index (κ3) is 1.48. The largest absolute Gasteiger partial charge is 0.0984 e. The summed E-state index contributed by atoms with van der Waals surface area (Å²) >= 11 is 3.51. The first-order valence-electron chi connectivity index (χ1n) is 4.56. The highest BCUT2D eigenvalue weighted by molar-refractivity contribution is 9.08. The summed E-state index contributed by atoms with van der Waals surface area (Å²) < 4.78 is 0. The Morgan fingerprint density at radius 1 is 1.14 bits per heavy atom. The Morgan fingerprint density at radius 2 is 1.86 bits per heavy atom. The zero-order valence-electron chi connectivity index (χ0n) is 7.83. The minimum Gasteiger partial charge on any atom is -0.0984 e. The van der Waals surface area contributed by atoms with Crippen molar-refractivity contribution in [1.29, 1.82) is 0 Å². The van der Waals surface area contributed by atoms with E-state index in [0.717, 1.165) is 5.33 Å². The van der Waals surface area contributed by atoms with E-state index in [2.05, 4.69) is 58.9 Å². The van der Waals surface area contributed by atoms with Gasteiger partial charge < -0.3 is 0 Å². The van der Waals surface area contributed by atoms with Gasteiger partial charge in [0.15, 0.2) is 0 Å². The lowest BCUT2D eigenvalue weighted by molar-refractivity contribution is 1.48. The molecule has 0 saturated carbocycles. The Labute approximate surface area is 92.4 Å². The lowest BCUT2D eigenvalue weighted by atomic mass is 10.0. The molecular formula is C13H11Br. The summed E-state index contributed by atoms with van der Waals surface area (Å²) in [6, 6.07) is 12.7. The quantitative estimate of drug-likeness (QED) is 0.691. The van der Waals surface area contributed by atoms with E-state index in [1.807, 2.05) is 6.08 Å². The third-order valence-electron chi connectivity index (χ3n) is 2.39. The molecule has 0 bridgehead atoms. The van der Waals surface area contributed by atoms with Crippen molar-refractivity contribution < 1.29 is 0 Å². The van der Waals surface area contributed by atoms with Crippen LogP contribution in [0.5, 0.6) is 0 Å². The van der Waals surface area contributed by atoms with Crippen LogP contribution in [-0.4, -0.2) is 0 Å². The highest BCUT2D eigenvalue weighted by Gasteiger charge is 2.02. The predicted molar refractivity (Wildman–Crippen MR) is 66.7 cm³/mol. The van der Waals surface area contributed by atoms with Gasteiger partial charge in [0, 0.05) is 5.33 Å². The van der Waals surface area contributed by atoms with Crippen molar-refractivity contribution in [3.05, 3.63) is 54.1 Å². The molecule has 0 N–H and O–H groups in total. The highest BCUT2D eigenvalue weighted by atomic mass is 79.9. The average Bonchev–Trinajstić information content (AvgIpc) is 2.27. The van der Waals surface area contributed by atoms with E-state index < -0.39 is 0 Å². The zero-order chi connectivity index (χ0) is 9.97. The maximum atomic E-state index is 3.84. The summed E-state index contributed by atoms with van der Waals surface area (Å²) in [5.74, 6) is 0. The smallest absolute Gasteiger partial charge is 0.0289 e. The van der Waals surface area contributed by atoms with Gasteiger partial charge in [-0.2, -0.15) is 0 Å². The Bertz CT molecular complexity index is 466. The normalized spacial score (nSPS) is 10.4.